The Kier molecular flexibility index (Phi) is 8.70. The number of aryl methyl sites for hydroxylation is 1. The largest absolute Gasteiger partial charge is 0.497 e. The maximum atomic E-state index is 12.9. The number of amides is 2. The molecule has 0 atom stereocenters. The molecule has 1 aliphatic heterocycles. The number of hydrogen-bond donors (Lipinski definition) is 2. The van der Waals surface area contributed by atoms with E-state index in [1.54, 1.807) is 24.3 Å². The van der Waals surface area contributed by atoms with Crippen molar-refractivity contribution in [2.45, 2.75) is 6.92 Å². The summed E-state index contributed by atoms with van der Waals surface area (Å²) in [6, 6.07) is 17.9. The van der Waals surface area contributed by atoms with Gasteiger partial charge in [-0.3, -0.25) is 14.9 Å². The summed E-state index contributed by atoms with van der Waals surface area (Å²) < 4.78 is 10.5. The van der Waals surface area contributed by atoms with Crippen LogP contribution in [-0.2, 0) is 0 Å². The van der Waals surface area contributed by atoms with E-state index >= 15 is 0 Å². The first-order valence-electron chi connectivity index (χ1n) is 12.0. The Balaban J connectivity index is 1.43. The Labute approximate surface area is 232 Å². The Bertz CT molecular complexity index is 1320. The molecule has 10 heteroatoms. The highest BCUT2D eigenvalue weighted by Crippen LogP contribution is 2.35. The molecule has 0 aliphatic carbocycles. The summed E-state index contributed by atoms with van der Waals surface area (Å²) in [6.45, 7) is 4.29. The third-order valence-corrected chi connectivity index (χ3v) is 6.77. The number of ether oxygens (including phenoxy) is 2. The van der Waals surface area contributed by atoms with Crippen LogP contribution < -0.4 is 25.0 Å². The van der Waals surface area contributed by atoms with E-state index in [4.69, 9.17) is 33.3 Å². The van der Waals surface area contributed by atoms with Gasteiger partial charge in [-0.2, -0.15) is 0 Å². The number of nitrogens with one attached hydrogen (secondary N) is 2. The van der Waals surface area contributed by atoms with Crippen LogP contribution in [0.1, 0.15) is 26.3 Å². The van der Waals surface area contributed by atoms with Crippen molar-refractivity contribution >= 4 is 52.1 Å². The summed E-state index contributed by atoms with van der Waals surface area (Å²) in [7, 11) is 3.03. The molecule has 0 spiro atoms. The molecule has 0 saturated carbocycles. The third kappa shape index (κ3) is 6.35. The fraction of sp³-hybridized carbons (Fsp3) is 0.250. The zero-order chi connectivity index (χ0) is 27.2. The normalized spacial score (nSPS) is 13.1. The van der Waals surface area contributed by atoms with Crippen molar-refractivity contribution in [3.05, 3.63) is 82.4 Å². The van der Waals surface area contributed by atoms with Gasteiger partial charge in [0.25, 0.3) is 11.8 Å². The molecular weight excluding hydrogens is 524 g/mol. The van der Waals surface area contributed by atoms with E-state index in [-0.39, 0.29) is 11.0 Å². The fourth-order valence-electron chi connectivity index (χ4n) is 4.22. The average Bonchev–Trinajstić information content (AvgIpc) is 2.93. The first kappa shape index (κ1) is 27.2. The van der Waals surface area contributed by atoms with Crippen LogP contribution in [-0.4, -0.2) is 62.2 Å². The number of thiocarbonyl (C=S) groups is 1. The van der Waals surface area contributed by atoms with Crippen molar-refractivity contribution in [2.24, 2.45) is 0 Å². The van der Waals surface area contributed by atoms with Crippen LogP contribution in [0.15, 0.2) is 60.7 Å². The van der Waals surface area contributed by atoms with Crippen molar-refractivity contribution in [1.82, 2.24) is 10.2 Å². The minimum absolute atomic E-state index is 0.0141. The molecule has 0 unspecified atom stereocenters. The number of hydrogen-bond acceptors (Lipinski definition) is 6. The molecule has 0 bridgehead atoms. The van der Waals surface area contributed by atoms with Gasteiger partial charge in [-0.05, 0) is 55.5 Å². The topological polar surface area (TPSA) is 83.1 Å². The Morgan fingerprint density at radius 3 is 2.13 bits per heavy atom. The molecule has 1 heterocycles. The molecule has 1 fully saturated rings. The summed E-state index contributed by atoms with van der Waals surface area (Å²) in [5.41, 5.74) is 3.55. The van der Waals surface area contributed by atoms with Gasteiger partial charge in [-0.1, -0.05) is 35.4 Å². The summed E-state index contributed by atoms with van der Waals surface area (Å²) in [6.07, 6.45) is 0. The van der Waals surface area contributed by atoms with E-state index in [9.17, 15) is 9.59 Å². The Morgan fingerprint density at radius 1 is 0.895 bits per heavy atom. The lowest BCUT2D eigenvalue weighted by atomic mass is 10.1. The molecule has 3 aromatic carbocycles. The second kappa shape index (κ2) is 12.1. The second-order valence-corrected chi connectivity index (χ2v) is 9.61. The fourth-order valence-corrected chi connectivity index (χ4v) is 4.71. The first-order valence-corrected chi connectivity index (χ1v) is 12.8. The molecule has 2 N–H and O–H groups in total. The van der Waals surface area contributed by atoms with Crippen LogP contribution >= 0.6 is 23.8 Å². The molecule has 0 radical (unpaired) electrons. The number of piperazine rings is 1. The number of para-hydroxylation sites is 1. The number of anilines is 2. The van der Waals surface area contributed by atoms with Gasteiger partial charge in [0.15, 0.2) is 5.11 Å². The molecule has 2 amide bonds. The lowest BCUT2D eigenvalue weighted by molar-refractivity contribution is 0.0746. The summed E-state index contributed by atoms with van der Waals surface area (Å²) in [5.74, 6) is 0.586. The van der Waals surface area contributed by atoms with E-state index in [2.05, 4.69) is 15.5 Å². The number of methoxy groups -OCH3 is 2. The van der Waals surface area contributed by atoms with Crippen LogP contribution in [0.5, 0.6) is 11.5 Å². The molecule has 0 aromatic heterocycles. The molecule has 3 aromatic rings. The summed E-state index contributed by atoms with van der Waals surface area (Å²) in [5, 5.41) is 6.46. The molecular formula is C28H29ClN4O4S. The van der Waals surface area contributed by atoms with Gasteiger partial charge in [0, 0.05) is 43.4 Å². The van der Waals surface area contributed by atoms with Gasteiger partial charge >= 0.3 is 0 Å². The quantitative estimate of drug-likeness (QED) is 0.427. The van der Waals surface area contributed by atoms with Gasteiger partial charge in [-0.15, -0.1) is 0 Å². The maximum Gasteiger partial charge on any atom is 0.257 e. The Morgan fingerprint density at radius 2 is 1.53 bits per heavy atom. The van der Waals surface area contributed by atoms with Crippen molar-refractivity contribution < 1.29 is 19.1 Å². The van der Waals surface area contributed by atoms with E-state index < -0.39 is 5.91 Å². The van der Waals surface area contributed by atoms with Gasteiger partial charge in [-0.25, -0.2) is 0 Å². The highest BCUT2D eigenvalue weighted by atomic mass is 35.5. The standard InChI is InChI=1S/C28H29ClN4O4S/c1-18-7-9-19(10-8-18)27(35)33-13-11-32(12-14-33)25-23(29)5-4-6-24(25)30-28(38)31-26(34)20-15-21(36-2)17-22(16-20)37-3/h4-10,15-17H,11-14H2,1-3H3,(H2,30,31,34,38). The molecule has 38 heavy (non-hydrogen) atoms. The van der Waals surface area contributed by atoms with Gasteiger partial charge in [0.2, 0.25) is 0 Å². The third-order valence-electron chi connectivity index (χ3n) is 6.26. The molecule has 198 valence electrons. The summed E-state index contributed by atoms with van der Waals surface area (Å²) >= 11 is 12.0. The lowest BCUT2D eigenvalue weighted by Gasteiger charge is -2.37. The lowest BCUT2D eigenvalue weighted by Crippen LogP contribution is -2.49. The van der Waals surface area contributed by atoms with Crippen LogP contribution in [0.25, 0.3) is 0 Å². The highest BCUT2D eigenvalue weighted by Gasteiger charge is 2.25. The first-order chi connectivity index (χ1) is 18.3. The zero-order valence-corrected chi connectivity index (χ0v) is 23.0. The van der Waals surface area contributed by atoms with Crippen LogP contribution in [0.2, 0.25) is 5.02 Å². The number of benzene rings is 3. The minimum atomic E-state index is -0.411. The number of nitrogens with zero attached hydrogens (tertiary/aromatic N) is 2. The predicted molar refractivity (Wildman–Crippen MR) is 154 cm³/mol. The molecule has 1 saturated heterocycles. The van der Waals surface area contributed by atoms with Crippen molar-refractivity contribution in [3.8, 4) is 11.5 Å². The molecule has 8 nitrogen and oxygen atoms in total. The molecule has 4 rings (SSSR count). The SMILES string of the molecule is COc1cc(OC)cc(C(=O)NC(=S)Nc2cccc(Cl)c2N2CCN(C(=O)c3ccc(C)cc3)CC2)c1. The van der Waals surface area contributed by atoms with E-state index in [1.807, 2.05) is 48.2 Å². The minimum Gasteiger partial charge on any atom is -0.497 e. The summed E-state index contributed by atoms with van der Waals surface area (Å²) in [4.78, 5) is 29.7. The van der Waals surface area contributed by atoms with Crippen molar-refractivity contribution in [3.63, 3.8) is 0 Å². The van der Waals surface area contributed by atoms with E-state index in [0.717, 1.165) is 11.3 Å². The number of carbonyl (C=O) groups excluding carboxylic acids is 2. The highest BCUT2D eigenvalue weighted by molar-refractivity contribution is 7.80. The zero-order valence-electron chi connectivity index (χ0n) is 21.4. The van der Waals surface area contributed by atoms with Crippen molar-refractivity contribution in [1.29, 1.82) is 0 Å². The average molecular weight is 553 g/mol. The number of rotatable bonds is 6. The van der Waals surface area contributed by atoms with Crippen LogP contribution in [0, 0.1) is 6.92 Å². The molecule has 1 aliphatic rings. The number of halogens is 1. The predicted octanol–water partition coefficient (Wildman–Crippen LogP) is 4.75. The number of carbonyl (C=O) groups is 2. The van der Waals surface area contributed by atoms with Gasteiger partial charge in [0.05, 0.1) is 30.6 Å². The van der Waals surface area contributed by atoms with Gasteiger partial charge < -0.3 is 24.6 Å². The van der Waals surface area contributed by atoms with E-state index in [1.165, 1.54) is 14.2 Å². The van der Waals surface area contributed by atoms with E-state index in [0.29, 0.717) is 59.5 Å². The second-order valence-electron chi connectivity index (χ2n) is 8.79. The monoisotopic (exact) mass is 552 g/mol. The van der Waals surface area contributed by atoms with Crippen molar-refractivity contribution in [2.75, 3.05) is 50.6 Å². The van der Waals surface area contributed by atoms with Crippen LogP contribution in [0.4, 0.5) is 11.4 Å². The smallest absolute Gasteiger partial charge is 0.257 e. The maximum absolute atomic E-state index is 12.9. The van der Waals surface area contributed by atoms with Gasteiger partial charge in [0.1, 0.15) is 11.5 Å². The van der Waals surface area contributed by atoms with Crippen LogP contribution in [0.3, 0.4) is 0 Å². The Hall–Kier alpha value is -3.82.